The van der Waals surface area contributed by atoms with E-state index in [4.69, 9.17) is 11.6 Å². The van der Waals surface area contributed by atoms with Crippen molar-refractivity contribution in [2.24, 2.45) is 11.8 Å². The number of ketones is 2. The topological polar surface area (TPSA) is 71.4 Å². The fourth-order valence-corrected chi connectivity index (χ4v) is 2.97. The molecule has 5 heteroatoms. The molecule has 2 atom stereocenters. The first kappa shape index (κ1) is 15.7. The number of halogens is 1. The number of carboxylic acid groups (broad SMARTS) is 1. The maximum atomic E-state index is 12.3. The fourth-order valence-electron chi connectivity index (χ4n) is 2.84. The summed E-state index contributed by atoms with van der Waals surface area (Å²) in [5, 5.41) is 9.71. The molecule has 21 heavy (non-hydrogen) atoms. The second kappa shape index (κ2) is 6.85. The molecule has 0 aliphatic heterocycles. The molecule has 1 fully saturated rings. The van der Waals surface area contributed by atoms with Gasteiger partial charge in [0, 0.05) is 16.5 Å². The molecule has 0 aromatic heterocycles. The van der Waals surface area contributed by atoms with Crippen molar-refractivity contribution in [1.82, 2.24) is 0 Å². The maximum Gasteiger partial charge on any atom is 0.307 e. The number of Topliss-reactive ketones (excluding diaryl/α,β-unsaturated/α-hetero) is 2. The second-order valence-corrected chi connectivity index (χ2v) is 5.85. The van der Waals surface area contributed by atoms with Gasteiger partial charge in [0.15, 0.2) is 5.78 Å². The molecule has 0 unspecified atom stereocenters. The highest BCUT2D eigenvalue weighted by atomic mass is 35.5. The molecule has 1 aromatic rings. The first-order valence-corrected chi connectivity index (χ1v) is 7.41. The van der Waals surface area contributed by atoms with Crippen LogP contribution in [0, 0.1) is 11.8 Å². The van der Waals surface area contributed by atoms with Crippen LogP contribution in [0.25, 0.3) is 0 Å². The molecule has 0 radical (unpaired) electrons. The lowest BCUT2D eigenvalue weighted by Crippen LogP contribution is -2.33. The van der Waals surface area contributed by atoms with Gasteiger partial charge in [0.1, 0.15) is 5.78 Å². The molecule has 0 spiro atoms. The summed E-state index contributed by atoms with van der Waals surface area (Å²) in [4.78, 5) is 35.5. The van der Waals surface area contributed by atoms with E-state index in [9.17, 15) is 19.5 Å². The first-order chi connectivity index (χ1) is 9.99. The monoisotopic (exact) mass is 308 g/mol. The lowest BCUT2D eigenvalue weighted by Gasteiger charge is -2.27. The van der Waals surface area contributed by atoms with Gasteiger partial charge in [-0.05, 0) is 37.1 Å². The number of carboxylic acids is 1. The van der Waals surface area contributed by atoms with E-state index in [0.29, 0.717) is 23.4 Å². The highest BCUT2D eigenvalue weighted by molar-refractivity contribution is 6.30. The molecule has 1 aliphatic rings. The van der Waals surface area contributed by atoms with E-state index in [1.165, 1.54) is 0 Å². The van der Waals surface area contributed by atoms with Crippen LogP contribution in [0.5, 0.6) is 0 Å². The Hall–Kier alpha value is -1.68. The van der Waals surface area contributed by atoms with Crippen molar-refractivity contribution in [3.63, 3.8) is 0 Å². The normalized spacial score (nSPS) is 21.8. The Morgan fingerprint density at radius 3 is 2.19 bits per heavy atom. The van der Waals surface area contributed by atoms with Gasteiger partial charge in [0.25, 0.3) is 0 Å². The summed E-state index contributed by atoms with van der Waals surface area (Å²) in [7, 11) is 0. The minimum atomic E-state index is -0.938. The van der Waals surface area contributed by atoms with Gasteiger partial charge < -0.3 is 5.11 Å². The van der Waals surface area contributed by atoms with E-state index in [1.807, 2.05) is 0 Å². The van der Waals surface area contributed by atoms with Crippen LogP contribution in [0.15, 0.2) is 24.3 Å². The van der Waals surface area contributed by atoms with Crippen molar-refractivity contribution in [2.75, 3.05) is 0 Å². The van der Waals surface area contributed by atoms with Crippen LogP contribution in [0.3, 0.4) is 0 Å². The number of aliphatic carboxylic acids is 1. The molecule has 1 aliphatic carbocycles. The Bertz CT molecular complexity index is 550. The Morgan fingerprint density at radius 1 is 1.05 bits per heavy atom. The molecular weight excluding hydrogens is 292 g/mol. The number of carbonyl (C=O) groups excluding carboxylic acids is 2. The second-order valence-electron chi connectivity index (χ2n) is 5.41. The molecule has 4 nitrogen and oxygen atoms in total. The number of benzene rings is 1. The summed E-state index contributed by atoms with van der Waals surface area (Å²) in [5.41, 5.74) is 0.426. The summed E-state index contributed by atoms with van der Waals surface area (Å²) in [6.07, 6.45) is 2.50. The van der Waals surface area contributed by atoms with Crippen molar-refractivity contribution in [3.05, 3.63) is 34.9 Å². The van der Waals surface area contributed by atoms with Crippen LogP contribution in [0.4, 0.5) is 0 Å². The van der Waals surface area contributed by atoms with Crippen molar-refractivity contribution >= 4 is 29.1 Å². The van der Waals surface area contributed by atoms with E-state index in [1.54, 1.807) is 24.3 Å². The molecule has 1 saturated carbocycles. The SMILES string of the molecule is O=C(CC(=O)[C@@H]1CCCC[C@H]1C(=O)O)c1ccc(Cl)cc1. The molecule has 112 valence electrons. The van der Waals surface area contributed by atoms with E-state index in [-0.39, 0.29) is 18.0 Å². The summed E-state index contributed by atoms with van der Waals surface area (Å²) >= 11 is 5.75. The third kappa shape index (κ3) is 3.91. The quantitative estimate of drug-likeness (QED) is 0.668. The van der Waals surface area contributed by atoms with Crippen molar-refractivity contribution in [3.8, 4) is 0 Å². The average Bonchev–Trinajstić information content (AvgIpc) is 2.47. The Labute approximate surface area is 128 Å². The standard InChI is InChI=1S/C16H17ClO4/c17-11-7-5-10(6-8-11)14(18)9-15(19)12-3-1-2-4-13(12)16(20)21/h5-8,12-13H,1-4,9H2,(H,20,21)/t12-,13-/m1/s1. The van der Waals surface area contributed by atoms with Crippen LogP contribution in [-0.4, -0.2) is 22.6 Å². The molecule has 1 N–H and O–H groups in total. The zero-order valence-corrected chi connectivity index (χ0v) is 12.3. The molecule has 0 saturated heterocycles. The predicted molar refractivity (Wildman–Crippen MR) is 78.5 cm³/mol. The minimum absolute atomic E-state index is 0.240. The Balaban J connectivity index is 2.04. The summed E-state index contributed by atoms with van der Waals surface area (Å²) < 4.78 is 0. The first-order valence-electron chi connectivity index (χ1n) is 7.03. The lowest BCUT2D eigenvalue weighted by molar-refractivity contribution is -0.148. The van der Waals surface area contributed by atoms with E-state index in [2.05, 4.69) is 0 Å². The van der Waals surface area contributed by atoms with Gasteiger partial charge in [0.2, 0.25) is 0 Å². The zero-order valence-electron chi connectivity index (χ0n) is 11.5. The molecular formula is C16H17ClO4. The van der Waals surface area contributed by atoms with Gasteiger partial charge in [0.05, 0.1) is 12.3 Å². The average molecular weight is 309 g/mol. The highest BCUT2D eigenvalue weighted by Crippen LogP contribution is 2.32. The molecule has 0 amide bonds. The molecule has 1 aromatic carbocycles. The predicted octanol–water partition coefficient (Wildman–Crippen LogP) is 3.37. The molecule has 0 heterocycles. The van der Waals surface area contributed by atoms with Crippen LogP contribution in [0.1, 0.15) is 42.5 Å². The van der Waals surface area contributed by atoms with Crippen LogP contribution >= 0.6 is 11.6 Å². The van der Waals surface area contributed by atoms with Crippen molar-refractivity contribution in [1.29, 1.82) is 0 Å². The third-order valence-corrected chi connectivity index (χ3v) is 4.25. The van der Waals surface area contributed by atoms with Crippen molar-refractivity contribution < 1.29 is 19.5 Å². The van der Waals surface area contributed by atoms with Crippen LogP contribution in [0.2, 0.25) is 5.02 Å². The van der Waals surface area contributed by atoms with Gasteiger partial charge in [-0.3, -0.25) is 14.4 Å². The number of hydrogen-bond donors (Lipinski definition) is 1. The van der Waals surface area contributed by atoms with E-state index in [0.717, 1.165) is 12.8 Å². The molecule has 2 rings (SSSR count). The number of hydrogen-bond acceptors (Lipinski definition) is 3. The maximum absolute atomic E-state index is 12.3. The Morgan fingerprint density at radius 2 is 1.62 bits per heavy atom. The Kier molecular flexibility index (Phi) is 5.12. The van der Waals surface area contributed by atoms with Gasteiger partial charge >= 0.3 is 5.97 Å². The lowest BCUT2D eigenvalue weighted by atomic mass is 9.76. The van der Waals surface area contributed by atoms with Crippen LogP contribution < -0.4 is 0 Å². The van der Waals surface area contributed by atoms with Crippen molar-refractivity contribution in [2.45, 2.75) is 32.1 Å². The minimum Gasteiger partial charge on any atom is -0.481 e. The van der Waals surface area contributed by atoms with Gasteiger partial charge in [-0.15, -0.1) is 0 Å². The summed E-state index contributed by atoms with van der Waals surface area (Å²) in [5.74, 6) is -2.67. The largest absolute Gasteiger partial charge is 0.481 e. The third-order valence-electron chi connectivity index (χ3n) is 4.00. The number of rotatable bonds is 5. The number of carbonyl (C=O) groups is 3. The summed E-state index contributed by atoms with van der Waals surface area (Å²) in [6, 6.07) is 6.35. The van der Waals surface area contributed by atoms with Gasteiger partial charge in [-0.25, -0.2) is 0 Å². The van der Waals surface area contributed by atoms with E-state index < -0.39 is 17.8 Å². The van der Waals surface area contributed by atoms with E-state index >= 15 is 0 Å². The smallest absolute Gasteiger partial charge is 0.307 e. The zero-order chi connectivity index (χ0) is 15.4. The van der Waals surface area contributed by atoms with Gasteiger partial charge in [-0.1, -0.05) is 24.4 Å². The summed E-state index contributed by atoms with van der Waals surface area (Å²) in [6.45, 7) is 0. The van der Waals surface area contributed by atoms with Crippen LogP contribution in [-0.2, 0) is 9.59 Å². The van der Waals surface area contributed by atoms with Gasteiger partial charge in [-0.2, -0.15) is 0 Å². The highest BCUT2D eigenvalue weighted by Gasteiger charge is 2.36. The fraction of sp³-hybridized carbons (Fsp3) is 0.438. The molecule has 0 bridgehead atoms.